The minimum absolute atomic E-state index is 0.00637. The van der Waals surface area contributed by atoms with Gasteiger partial charge < -0.3 is 9.73 Å². The molecule has 10 heteroatoms. The minimum Gasteiger partial charge on any atom is -0.461 e. The van der Waals surface area contributed by atoms with Crippen molar-refractivity contribution < 1.29 is 22.4 Å². The van der Waals surface area contributed by atoms with Gasteiger partial charge in [0.15, 0.2) is 10.9 Å². The zero-order valence-electron chi connectivity index (χ0n) is 17.4. The maximum Gasteiger partial charge on any atom is 0.416 e. The predicted molar refractivity (Wildman–Crippen MR) is 118 cm³/mol. The average molecular weight is 472 g/mol. The van der Waals surface area contributed by atoms with Gasteiger partial charge in [-0.05, 0) is 42.8 Å². The zero-order valence-corrected chi connectivity index (χ0v) is 18.2. The van der Waals surface area contributed by atoms with Gasteiger partial charge >= 0.3 is 6.18 Å². The number of nitrogens with one attached hydrogen (secondary N) is 1. The van der Waals surface area contributed by atoms with E-state index in [0.29, 0.717) is 5.76 Å². The zero-order chi connectivity index (χ0) is 23.4. The van der Waals surface area contributed by atoms with Crippen molar-refractivity contribution in [2.45, 2.75) is 24.3 Å². The van der Waals surface area contributed by atoms with E-state index < -0.39 is 11.7 Å². The summed E-state index contributed by atoms with van der Waals surface area (Å²) >= 11 is 1.07. The molecule has 6 nitrogen and oxygen atoms in total. The summed E-state index contributed by atoms with van der Waals surface area (Å²) in [6.07, 6.45) is -3.07. The lowest BCUT2D eigenvalue weighted by Gasteiger charge is -2.14. The van der Waals surface area contributed by atoms with Crippen LogP contribution in [0, 0.1) is 0 Å². The van der Waals surface area contributed by atoms with Crippen molar-refractivity contribution in [1.82, 2.24) is 20.1 Å². The van der Waals surface area contributed by atoms with Crippen LogP contribution in [0.25, 0.3) is 17.3 Å². The van der Waals surface area contributed by atoms with Crippen molar-refractivity contribution in [1.29, 1.82) is 0 Å². The number of carbonyl (C=O) groups excluding carboxylic acids is 1. The second kappa shape index (κ2) is 9.53. The number of carbonyl (C=O) groups is 1. The third-order valence-electron chi connectivity index (χ3n) is 4.82. The first-order valence-corrected chi connectivity index (χ1v) is 11.0. The molecule has 0 spiro atoms. The van der Waals surface area contributed by atoms with Crippen LogP contribution < -0.4 is 5.32 Å². The van der Waals surface area contributed by atoms with E-state index in [-0.39, 0.29) is 34.4 Å². The van der Waals surface area contributed by atoms with Crippen LogP contribution in [0.5, 0.6) is 0 Å². The van der Waals surface area contributed by atoms with Crippen LogP contribution in [-0.2, 0) is 11.0 Å². The molecule has 1 atom stereocenters. The number of benzene rings is 2. The van der Waals surface area contributed by atoms with Gasteiger partial charge in [-0.3, -0.25) is 9.36 Å². The standard InChI is InChI=1S/C23H19F3N4O2S/c1-15(16-7-3-2-4-8-16)27-20(31)14-33-22-29-28-21(19-11-6-12-32-19)30(22)18-10-5-9-17(13-18)23(24,25)26/h2-13,15H,14H2,1H3,(H,27,31). The van der Waals surface area contributed by atoms with E-state index in [1.807, 2.05) is 37.3 Å². The average Bonchev–Trinajstić information content (AvgIpc) is 3.47. The van der Waals surface area contributed by atoms with Crippen LogP contribution in [-0.4, -0.2) is 26.4 Å². The van der Waals surface area contributed by atoms with Gasteiger partial charge in [0.05, 0.1) is 29.3 Å². The molecule has 2 aromatic heterocycles. The minimum atomic E-state index is -4.50. The Morgan fingerprint density at radius 1 is 1.09 bits per heavy atom. The molecular weight excluding hydrogens is 453 g/mol. The van der Waals surface area contributed by atoms with Crippen LogP contribution in [0.1, 0.15) is 24.1 Å². The monoisotopic (exact) mass is 472 g/mol. The van der Waals surface area contributed by atoms with E-state index in [0.717, 1.165) is 29.5 Å². The first kappa shape index (κ1) is 22.7. The number of alkyl halides is 3. The molecular formula is C23H19F3N4O2S. The van der Waals surface area contributed by atoms with Crippen molar-refractivity contribution in [3.63, 3.8) is 0 Å². The summed E-state index contributed by atoms with van der Waals surface area (Å²) in [6, 6.07) is 17.4. The van der Waals surface area contributed by atoms with E-state index in [4.69, 9.17) is 4.42 Å². The Bertz CT molecular complexity index is 1220. The highest BCUT2D eigenvalue weighted by molar-refractivity contribution is 7.99. The predicted octanol–water partition coefficient (Wildman–Crippen LogP) is 5.52. The quantitative estimate of drug-likeness (QED) is 0.359. The molecule has 2 aromatic carbocycles. The second-order valence-corrected chi connectivity index (χ2v) is 8.10. The van der Waals surface area contributed by atoms with Gasteiger partial charge in [-0.15, -0.1) is 10.2 Å². The smallest absolute Gasteiger partial charge is 0.416 e. The molecule has 0 aliphatic rings. The Kier molecular flexibility index (Phi) is 6.55. The molecule has 4 aromatic rings. The number of rotatable bonds is 7. The van der Waals surface area contributed by atoms with Crippen LogP contribution in [0.2, 0.25) is 0 Å². The fourth-order valence-corrected chi connectivity index (χ4v) is 3.98. The second-order valence-electron chi connectivity index (χ2n) is 7.16. The Balaban J connectivity index is 1.58. The van der Waals surface area contributed by atoms with Gasteiger partial charge in [0, 0.05) is 0 Å². The Morgan fingerprint density at radius 2 is 1.88 bits per heavy atom. The van der Waals surface area contributed by atoms with Crippen LogP contribution in [0.15, 0.2) is 82.6 Å². The van der Waals surface area contributed by atoms with Crippen molar-refractivity contribution in [3.05, 3.63) is 84.1 Å². The van der Waals surface area contributed by atoms with Crippen molar-refractivity contribution in [2.24, 2.45) is 0 Å². The highest BCUT2D eigenvalue weighted by atomic mass is 32.2. The number of amides is 1. The third-order valence-corrected chi connectivity index (χ3v) is 5.74. The summed E-state index contributed by atoms with van der Waals surface area (Å²) < 4.78 is 46.7. The Morgan fingerprint density at radius 3 is 2.58 bits per heavy atom. The summed E-state index contributed by atoms with van der Waals surface area (Å²) in [7, 11) is 0. The molecule has 0 aliphatic carbocycles. The van der Waals surface area contributed by atoms with E-state index >= 15 is 0 Å². The number of furan rings is 1. The molecule has 1 amide bonds. The number of hydrogen-bond acceptors (Lipinski definition) is 5. The number of thioether (sulfide) groups is 1. The molecule has 0 bridgehead atoms. The van der Waals surface area contributed by atoms with Crippen LogP contribution in [0.3, 0.4) is 0 Å². The van der Waals surface area contributed by atoms with Gasteiger partial charge in [0.2, 0.25) is 11.7 Å². The van der Waals surface area contributed by atoms with Crippen LogP contribution in [0.4, 0.5) is 13.2 Å². The maximum absolute atomic E-state index is 13.3. The molecule has 2 heterocycles. The summed E-state index contributed by atoms with van der Waals surface area (Å²) in [5, 5.41) is 11.4. The lowest BCUT2D eigenvalue weighted by molar-refractivity contribution is -0.137. The first-order chi connectivity index (χ1) is 15.8. The van der Waals surface area contributed by atoms with E-state index in [2.05, 4.69) is 15.5 Å². The molecule has 4 rings (SSSR count). The molecule has 0 aliphatic heterocycles. The topological polar surface area (TPSA) is 73.0 Å². The number of aromatic nitrogens is 3. The van der Waals surface area contributed by atoms with Gasteiger partial charge in [-0.2, -0.15) is 13.2 Å². The normalized spacial score (nSPS) is 12.5. The van der Waals surface area contributed by atoms with E-state index in [9.17, 15) is 18.0 Å². The fourth-order valence-electron chi connectivity index (χ4n) is 3.22. The highest BCUT2D eigenvalue weighted by Crippen LogP contribution is 2.33. The molecule has 0 fully saturated rings. The Hall–Kier alpha value is -3.53. The molecule has 0 saturated heterocycles. The molecule has 0 radical (unpaired) electrons. The molecule has 33 heavy (non-hydrogen) atoms. The summed E-state index contributed by atoms with van der Waals surface area (Å²) in [5.41, 5.74) is 0.370. The highest BCUT2D eigenvalue weighted by Gasteiger charge is 2.31. The number of nitrogens with zero attached hydrogens (tertiary/aromatic N) is 3. The van der Waals surface area contributed by atoms with E-state index in [1.165, 1.54) is 23.0 Å². The van der Waals surface area contributed by atoms with Crippen molar-refractivity contribution in [3.8, 4) is 17.3 Å². The summed E-state index contributed by atoms with van der Waals surface area (Å²) in [4.78, 5) is 12.5. The molecule has 1 N–H and O–H groups in total. The lowest BCUT2D eigenvalue weighted by atomic mass is 10.1. The van der Waals surface area contributed by atoms with Gasteiger partial charge in [-0.1, -0.05) is 48.2 Å². The summed E-state index contributed by atoms with van der Waals surface area (Å²) in [6.45, 7) is 1.87. The summed E-state index contributed by atoms with van der Waals surface area (Å²) in [5.74, 6) is 0.343. The Labute approximate surface area is 191 Å². The molecule has 170 valence electrons. The largest absolute Gasteiger partial charge is 0.461 e. The van der Waals surface area contributed by atoms with Gasteiger partial charge in [-0.25, -0.2) is 0 Å². The van der Waals surface area contributed by atoms with Crippen LogP contribution >= 0.6 is 11.8 Å². The van der Waals surface area contributed by atoms with Gasteiger partial charge in [0.25, 0.3) is 0 Å². The number of halogens is 3. The maximum atomic E-state index is 13.3. The van der Waals surface area contributed by atoms with Crippen molar-refractivity contribution in [2.75, 3.05) is 5.75 Å². The number of hydrogen-bond donors (Lipinski definition) is 1. The van der Waals surface area contributed by atoms with E-state index in [1.54, 1.807) is 12.1 Å². The fraction of sp³-hybridized carbons (Fsp3) is 0.174. The third kappa shape index (κ3) is 5.28. The van der Waals surface area contributed by atoms with Gasteiger partial charge in [0.1, 0.15) is 0 Å². The first-order valence-electron chi connectivity index (χ1n) is 9.97. The SMILES string of the molecule is CC(NC(=O)CSc1nnc(-c2ccco2)n1-c1cccc(C(F)(F)F)c1)c1ccccc1. The molecule has 1 unspecified atom stereocenters. The lowest BCUT2D eigenvalue weighted by Crippen LogP contribution is -2.28. The molecule has 0 saturated carbocycles. The van der Waals surface area contributed by atoms with Crippen molar-refractivity contribution >= 4 is 17.7 Å².